The summed E-state index contributed by atoms with van der Waals surface area (Å²) in [5, 5.41) is 0. The molecule has 0 saturated carbocycles. The molecule has 0 saturated heterocycles. The molecule has 6 heteroatoms. The maximum absolute atomic E-state index is 11.8. The van der Waals surface area contributed by atoms with E-state index in [1.54, 1.807) is 20.2 Å². The van der Waals surface area contributed by atoms with Crippen molar-refractivity contribution in [1.82, 2.24) is 10.9 Å². The van der Waals surface area contributed by atoms with Crippen LogP contribution in [0.2, 0.25) is 0 Å². The number of aryl methyl sites for hydroxylation is 2. The Kier molecular flexibility index (Phi) is 6.14. The Hall–Kier alpha value is -1.92. The number of benzene rings is 1. The van der Waals surface area contributed by atoms with Gasteiger partial charge in [-0.25, -0.2) is 15.2 Å². The molecule has 0 aliphatic rings. The van der Waals surface area contributed by atoms with Crippen molar-refractivity contribution >= 4 is 11.8 Å². The lowest BCUT2D eigenvalue weighted by atomic mass is 9.99. The highest BCUT2D eigenvalue weighted by Gasteiger charge is 2.15. The molecule has 0 amide bonds. The van der Waals surface area contributed by atoms with Crippen LogP contribution in [0.3, 0.4) is 0 Å². The van der Waals surface area contributed by atoms with E-state index < -0.39 is 0 Å². The minimum atomic E-state index is -0.362. The molecule has 0 aliphatic carbocycles. The van der Waals surface area contributed by atoms with Gasteiger partial charge in [0.05, 0.1) is 12.7 Å². The maximum Gasteiger partial charge on any atom is 0.338 e. The number of carbonyl (C=O) groups is 1. The summed E-state index contributed by atoms with van der Waals surface area (Å²) in [6.07, 6.45) is 0. The molecule has 0 heterocycles. The molecule has 0 bridgehead atoms. The Labute approximate surface area is 119 Å². The van der Waals surface area contributed by atoms with Gasteiger partial charge in [-0.15, -0.1) is 0 Å². The highest BCUT2D eigenvalue weighted by atomic mass is 16.5. The maximum atomic E-state index is 11.8. The zero-order valence-corrected chi connectivity index (χ0v) is 12.5. The predicted octanol–water partition coefficient (Wildman–Crippen LogP) is 1.16. The summed E-state index contributed by atoms with van der Waals surface area (Å²) >= 11 is 0. The van der Waals surface area contributed by atoms with Gasteiger partial charge in [0.2, 0.25) is 0 Å². The van der Waals surface area contributed by atoms with Gasteiger partial charge in [0, 0.05) is 19.7 Å². The van der Waals surface area contributed by atoms with Crippen LogP contribution in [0.1, 0.15) is 27.0 Å². The van der Waals surface area contributed by atoms with E-state index in [1.807, 2.05) is 19.9 Å². The zero-order valence-electron chi connectivity index (χ0n) is 12.5. The molecule has 1 rings (SSSR count). The van der Waals surface area contributed by atoms with Crippen LogP contribution < -0.4 is 10.9 Å². The van der Waals surface area contributed by atoms with Gasteiger partial charge in [-0.05, 0) is 31.0 Å². The van der Waals surface area contributed by atoms with Gasteiger partial charge in [0.15, 0.2) is 0 Å². The van der Waals surface area contributed by atoms with E-state index in [0.717, 1.165) is 16.7 Å². The zero-order chi connectivity index (χ0) is 15.1. The third kappa shape index (κ3) is 3.79. The van der Waals surface area contributed by atoms with Crippen molar-refractivity contribution in [2.45, 2.75) is 13.8 Å². The van der Waals surface area contributed by atoms with Crippen LogP contribution in [0.5, 0.6) is 0 Å². The molecule has 2 N–H and O–H groups in total. The summed E-state index contributed by atoms with van der Waals surface area (Å²) in [5.74, 6) is 0.247. The number of rotatable bonds is 5. The smallest absolute Gasteiger partial charge is 0.338 e. The van der Waals surface area contributed by atoms with Crippen LogP contribution >= 0.6 is 0 Å². The molecule has 0 unspecified atom stereocenters. The van der Waals surface area contributed by atoms with Crippen molar-refractivity contribution in [2.75, 3.05) is 28.0 Å². The van der Waals surface area contributed by atoms with E-state index >= 15 is 0 Å². The lowest BCUT2D eigenvalue weighted by molar-refractivity contribution is 0.0600. The summed E-state index contributed by atoms with van der Waals surface area (Å²) in [5.41, 5.74) is 9.00. The van der Waals surface area contributed by atoms with Gasteiger partial charge >= 0.3 is 5.97 Å². The van der Waals surface area contributed by atoms with Crippen LogP contribution in [0.15, 0.2) is 17.1 Å². The number of carbonyl (C=O) groups excluding carboxylic acids is 1. The number of nitrogens with zero attached hydrogens (tertiary/aromatic N) is 1. The lowest BCUT2D eigenvalue weighted by Crippen LogP contribution is -2.36. The lowest BCUT2D eigenvalue weighted by Gasteiger charge is -2.14. The first kappa shape index (κ1) is 16.1. The Morgan fingerprint density at radius 2 is 1.85 bits per heavy atom. The number of hydrazine groups is 1. The third-order valence-corrected chi connectivity index (χ3v) is 2.83. The standard InChI is InChI=1S/C14H21N3O3/c1-9-6-10(2)12(14(18)20-5)7-11(9)13(17-15-3)16-8-19-4/h6-7,15H,8H2,1-5H3,(H,16,17). The van der Waals surface area contributed by atoms with Crippen LogP contribution in [0, 0.1) is 13.8 Å². The van der Waals surface area contributed by atoms with Gasteiger partial charge in [-0.2, -0.15) is 0 Å². The van der Waals surface area contributed by atoms with Crippen molar-refractivity contribution < 1.29 is 14.3 Å². The van der Waals surface area contributed by atoms with Crippen molar-refractivity contribution in [3.8, 4) is 0 Å². The van der Waals surface area contributed by atoms with Crippen LogP contribution in [-0.4, -0.2) is 39.8 Å². The minimum absolute atomic E-state index is 0.227. The van der Waals surface area contributed by atoms with E-state index in [9.17, 15) is 4.79 Å². The van der Waals surface area contributed by atoms with Gasteiger partial charge in [0.1, 0.15) is 12.6 Å². The van der Waals surface area contributed by atoms with E-state index in [2.05, 4.69) is 15.8 Å². The summed E-state index contributed by atoms with van der Waals surface area (Å²) in [6.45, 7) is 4.06. The van der Waals surface area contributed by atoms with Gasteiger partial charge in [-0.3, -0.25) is 0 Å². The predicted molar refractivity (Wildman–Crippen MR) is 77.9 cm³/mol. The summed E-state index contributed by atoms with van der Waals surface area (Å²) in [7, 11) is 4.68. The van der Waals surface area contributed by atoms with Crippen molar-refractivity contribution in [1.29, 1.82) is 0 Å². The fraction of sp³-hybridized carbons (Fsp3) is 0.429. The van der Waals surface area contributed by atoms with Gasteiger partial charge in [0.25, 0.3) is 0 Å². The number of ether oxygens (including phenoxy) is 2. The third-order valence-electron chi connectivity index (χ3n) is 2.83. The molecule has 1 aromatic rings. The molecule has 0 radical (unpaired) electrons. The molecule has 0 aromatic heterocycles. The van der Waals surface area contributed by atoms with E-state index in [1.165, 1.54) is 7.11 Å². The van der Waals surface area contributed by atoms with Crippen molar-refractivity contribution in [2.24, 2.45) is 4.99 Å². The molecular weight excluding hydrogens is 258 g/mol. The number of aliphatic imine (C=N–C) groups is 1. The largest absolute Gasteiger partial charge is 0.465 e. The average Bonchev–Trinajstić information content (AvgIpc) is 2.43. The molecule has 110 valence electrons. The van der Waals surface area contributed by atoms with Crippen molar-refractivity contribution in [3.63, 3.8) is 0 Å². The summed E-state index contributed by atoms with van der Waals surface area (Å²) in [6, 6.07) is 3.70. The number of amidine groups is 1. The van der Waals surface area contributed by atoms with Crippen LogP contribution in [0.4, 0.5) is 0 Å². The first-order chi connectivity index (χ1) is 9.54. The molecule has 20 heavy (non-hydrogen) atoms. The molecule has 0 atom stereocenters. The molecule has 0 aliphatic heterocycles. The Morgan fingerprint density at radius 3 is 2.40 bits per heavy atom. The number of nitrogens with one attached hydrogen (secondary N) is 2. The Balaban J connectivity index is 3.30. The van der Waals surface area contributed by atoms with Crippen LogP contribution in [-0.2, 0) is 9.47 Å². The fourth-order valence-electron chi connectivity index (χ4n) is 1.88. The molecule has 6 nitrogen and oxygen atoms in total. The average molecular weight is 279 g/mol. The second kappa shape index (κ2) is 7.62. The number of hydrogen-bond donors (Lipinski definition) is 2. The quantitative estimate of drug-likeness (QED) is 0.366. The summed E-state index contributed by atoms with van der Waals surface area (Å²) < 4.78 is 9.75. The summed E-state index contributed by atoms with van der Waals surface area (Å²) in [4.78, 5) is 16.1. The highest BCUT2D eigenvalue weighted by molar-refractivity contribution is 6.02. The highest BCUT2D eigenvalue weighted by Crippen LogP contribution is 2.17. The monoisotopic (exact) mass is 279 g/mol. The Bertz CT molecular complexity index is 513. The van der Waals surface area contributed by atoms with E-state index in [0.29, 0.717) is 11.4 Å². The normalized spacial score (nSPS) is 11.3. The fourth-order valence-corrected chi connectivity index (χ4v) is 1.88. The minimum Gasteiger partial charge on any atom is -0.465 e. The number of esters is 1. The number of methoxy groups -OCH3 is 2. The molecule has 1 aromatic carbocycles. The molecule has 0 fully saturated rings. The first-order valence-electron chi connectivity index (χ1n) is 6.21. The SMILES string of the molecule is CNNC(=NCOC)c1cc(C(=O)OC)c(C)cc1C. The second-order valence-corrected chi connectivity index (χ2v) is 4.27. The van der Waals surface area contributed by atoms with E-state index in [4.69, 9.17) is 9.47 Å². The van der Waals surface area contributed by atoms with E-state index in [-0.39, 0.29) is 12.7 Å². The van der Waals surface area contributed by atoms with Crippen molar-refractivity contribution in [3.05, 3.63) is 34.4 Å². The van der Waals surface area contributed by atoms with Gasteiger partial charge < -0.3 is 14.9 Å². The Morgan fingerprint density at radius 1 is 1.20 bits per heavy atom. The van der Waals surface area contributed by atoms with Crippen LogP contribution in [0.25, 0.3) is 0 Å². The second-order valence-electron chi connectivity index (χ2n) is 4.27. The molecule has 0 spiro atoms. The number of hydrogen-bond acceptors (Lipinski definition) is 5. The van der Waals surface area contributed by atoms with Gasteiger partial charge in [-0.1, -0.05) is 6.07 Å². The molecular formula is C14H21N3O3. The topological polar surface area (TPSA) is 72.0 Å². The first-order valence-corrected chi connectivity index (χ1v) is 6.21.